The minimum atomic E-state index is -0.410. The molecule has 0 atom stereocenters. The van der Waals surface area contributed by atoms with Gasteiger partial charge in [-0.15, -0.1) is 0 Å². The molecular weight excluding hydrogens is 356 g/mol. The van der Waals surface area contributed by atoms with Crippen LogP contribution in [0.4, 0.5) is 0 Å². The van der Waals surface area contributed by atoms with Crippen molar-refractivity contribution in [3.05, 3.63) is 75.7 Å². The fraction of sp³-hybridized carbons (Fsp3) is 0.182. The van der Waals surface area contributed by atoms with E-state index in [1.165, 1.54) is 0 Å². The lowest BCUT2D eigenvalue weighted by Gasteiger charge is -2.14. The van der Waals surface area contributed by atoms with Gasteiger partial charge in [0.05, 0.1) is 14.2 Å². The summed E-state index contributed by atoms with van der Waals surface area (Å²) in [7, 11) is 3.17. The average Bonchev–Trinajstić information content (AvgIpc) is 2.71. The minimum absolute atomic E-state index is 0.0644. The van der Waals surface area contributed by atoms with E-state index in [0.717, 1.165) is 11.3 Å². The third-order valence-corrected chi connectivity index (χ3v) is 4.28. The summed E-state index contributed by atoms with van der Waals surface area (Å²) in [5.74, 6) is 1.83. The maximum absolute atomic E-state index is 12.1. The molecule has 6 nitrogen and oxygen atoms in total. The number of nitrogens with one attached hydrogen (secondary N) is 1. The average molecular weight is 376 g/mol. The molecule has 1 heterocycles. The Kier molecular flexibility index (Phi) is 5.66. The fourth-order valence-corrected chi connectivity index (χ4v) is 2.91. The van der Waals surface area contributed by atoms with Gasteiger partial charge in [0, 0.05) is 11.3 Å². The molecule has 0 saturated heterocycles. The molecule has 0 amide bonds. The van der Waals surface area contributed by atoms with Crippen molar-refractivity contribution < 1.29 is 14.2 Å². The molecule has 3 rings (SSSR count). The van der Waals surface area contributed by atoms with Crippen LogP contribution in [-0.2, 0) is 6.61 Å². The van der Waals surface area contributed by atoms with Gasteiger partial charge < -0.3 is 19.2 Å². The topological polar surface area (TPSA) is 84.3 Å². The van der Waals surface area contributed by atoms with Crippen LogP contribution in [-0.4, -0.2) is 19.2 Å². The number of methoxy groups -OCH3 is 2. The van der Waals surface area contributed by atoms with Gasteiger partial charge in [-0.1, -0.05) is 18.2 Å². The molecule has 0 fully saturated rings. The molecule has 0 bridgehead atoms. The number of pyridine rings is 1. The van der Waals surface area contributed by atoms with Crippen LogP contribution in [0.25, 0.3) is 11.1 Å². The Morgan fingerprint density at radius 2 is 1.86 bits per heavy atom. The van der Waals surface area contributed by atoms with Gasteiger partial charge in [0.2, 0.25) is 0 Å². The lowest BCUT2D eigenvalue weighted by atomic mass is 10.0. The van der Waals surface area contributed by atoms with Crippen LogP contribution in [0, 0.1) is 18.3 Å². The Morgan fingerprint density at radius 3 is 2.57 bits per heavy atom. The smallest absolute Gasteiger partial charge is 0.266 e. The predicted octanol–water partition coefficient (Wildman–Crippen LogP) is 3.82. The van der Waals surface area contributed by atoms with Gasteiger partial charge >= 0.3 is 0 Å². The summed E-state index contributed by atoms with van der Waals surface area (Å²) in [5.41, 5.74) is 2.52. The molecule has 0 unspecified atom stereocenters. The molecule has 28 heavy (non-hydrogen) atoms. The van der Waals surface area contributed by atoms with Crippen molar-refractivity contribution in [3.63, 3.8) is 0 Å². The van der Waals surface area contributed by atoms with Crippen molar-refractivity contribution in [2.75, 3.05) is 14.2 Å². The van der Waals surface area contributed by atoms with Gasteiger partial charge in [0.1, 0.15) is 24.0 Å². The Bertz CT molecular complexity index is 1100. The Labute approximate surface area is 162 Å². The van der Waals surface area contributed by atoms with E-state index in [9.17, 15) is 10.1 Å². The number of aromatic nitrogens is 1. The van der Waals surface area contributed by atoms with Crippen LogP contribution in [0.2, 0.25) is 0 Å². The number of nitriles is 1. The van der Waals surface area contributed by atoms with Gasteiger partial charge in [-0.3, -0.25) is 4.79 Å². The third kappa shape index (κ3) is 3.99. The summed E-state index contributed by atoms with van der Waals surface area (Å²) in [6, 6.07) is 16.7. The Hall–Kier alpha value is -3.72. The highest BCUT2D eigenvalue weighted by Gasteiger charge is 2.13. The molecule has 3 aromatic rings. The molecule has 6 heteroatoms. The first kappa shape index (κ1) is 19.1. The number of rotatable bonds is 6. The first-order valence-corrected chi connectivity index (χ1v) is 8.64. The van der Waals surface area contributed by atoms with Crippen LogP contribution in [0.3, 0.4) is 0 Å². The summed E-state index contributed by atoms with van der Waals surface area (Å²) in [6.07, 6.45) is 0. The van der Waals surface area contributed by atoms with E-state index in [1.54, 1.807) is 45.4 Å². The van der Waals surface area contributed by atoms with Gasteiger partial charge in [-0.25, -0.2) is 0 Å². The van der Waals surface area contributed by atoms with Crippen molar-refractivity contribution in [2.45, 2.75) is 13.5 Å². The third-order valence-electron chi connectivity index (χ3n) is 4.28. The maximum Gasteiger partial charge on any atom is 0.266 e. The molecule has 1 aromatic heterocycles. The molecule has 0 aliphatic rings. The van der Waals surface area contributed by atoms with E-state index in [0.29, 0.717) is 34.9 Å². The molecule has 0 spiro atoms. The van der Waals surface area contributed by atoms with Gasteiger partial charge in [0.15, 0.2) is 11.5 Å². The lowest BCUT2D eigenvalue weighted by Crippen LogP contribution is -2.12. The van der Waals surface area contributed by atoms with Crippen LogP contribution >= 0.6 is 0 Å². The van der Waals surface area contributed by atoms with E-state index in [-0.39, 0.29) is 5.56 Å². The summed E-state index contributed by atoms with van der Waals surface area (Å²) in [6.45, 7) is 2.09. The lowest BCUT2D eigenvalue weighted by molar-refractivity contribution is 0.284. The van der Waals surface area contributed by atoms with Crippen molar-refractivity contribution in [1.29, 1.82) is 5.26 Å². The highest BCUT2D eigenvalue weighted by atomic mass is 16.5. The Morgan fingerprint density at radius 1 is 1.04 bits per heavy atom. The van der Waals surface area contributed by atoms with E-state index in [1.807, 2.05) is 30.3 Å². The first-order chi connectivity index (χ1) is 13.5. The number of ether oxygens (including phenoxy) is 3. The van der Waals surface area contributed by atoms with Crippen LogP contribution < -0.4 is 19.8 Å². The Balaban J connectivity index is 1.97. The van der Waals surface area contributed by atoms with Crippen molar-refractivity contribution in [3.8, 4) is 34.4 Å². The quantitative estimate of drug-likeness (QED) is 0.707. The van der Waals surface area contributed by atoms with E-state index in [2.05, 4.69) is 4.98 Å². The normalized spacial score (nSPS) is 10.2. The zero-order valence-electron chi connectivity index (χ0n) is 15.9. The number of aryl methyl sites for hydroxylation is 1. The monoisotopic (exact) mass is 376 g/mol. The molecular formula is C22H20N2O4. The second-order valence-electron chi connectivity index (χ2n) is 6.19. The molecule has 1 N–H and O–H groups in total. The number of benzene rings is 2. The second kappa shape index (κ2) is 8.31. The number of aromatic amines is 1. The number of nitrogens with zero attached hydrogens (tertiary/aromatic N) is 1. The SMILES string of the molecule is COc1cccc(COc2cc(-c3cc(C)[nH]c(=O)c3C#N)ccc2OC)c1. The molecule has 0 saturated carbocycles. The molecule has 0 aliphatic heterocycles. The standard InChI is InChI=1S/C22H20N2O4/c1-14-9-18(19(12-23)22(25)24-14)16-7-8-20(27-3)21(11-16)28-13-15-5-4-6-17(10-15)26-2/h4-11H,13H2,1-3H3,(H,24,25). The maximum atomic E-state index is 12.1. The second-order valence-corrected chi connectivity index (χ2v) is 6.19. The summed E-state index contributed by atoms with van der Waals surface area (Å²) < 4.78 is 16.6. The predicted molar refractivity (Wildman–Crippen MR) is 106 cm³/mol. The van der Waals surface area contributed by atoms with Gasteiger partial charge in [-0.05, 0) is 48.4 Å². The molecule has 0 aliphatic carbocycles. The first-order valence-electron chi connectivity index (χ1n) is 8.64. The van der Waals surface area contributed by atoms with Gasteiger partial charge in [0.25, 0.3) is 5.56 Å². The summed E-state index contributed by atoms with van der Waals surface area (Å²) >= 11 is 0. The van der Waals surface area contributed by atoms with Crippen molar-refractivity contribution in [1.82, 2.24) is 4.98 Å². The summed E-state index contributed by atoms with van der Waals surface area (Å²) in [5, 5.41) is 9.39. The number of hydrogen-bond acceptors (Lipinski definition) is 5. The number of hydrogen-bond donors (Lipinski definition) is 1. The van der Waals surface area contributed by atoms with Crippen molar-refractivity contribution >= 4 is 0 Å². The largest absolute Gasteiger partial charge is 0.497 e. The van der Waals surface area contributed by atoms with Crippen molar-refractivity contribution in [2.24, 2.45) is 0 Å². The van der Waals surface area contributed by atoms with E-state index in [4.69, 9.17) is 14.2 Å². The minimum Gasteiger partial charge on any atom is -0.497 e. The van der Waals surface area contributed by atoms with Crippen LogP contribution in [0.5, 0.6) is 17.2 Å². The number of H-pyrrole nitrogens is 1. The van der Waals surface area contributed by atoms with Crippen LogP contribution in [0.15, 0.2) is 53.3 Å². The zero-order valence-corrected chi connectivity index (χ0v) is 15.9. The zero-order chi connectivity index (χ0) is 20.1. The molecule has 142 valence electrons. The summed E-state index contributed by atoms with van der Waals surface area (Å²) in [4.78, 5) is 14.7. The van der Waals surface area contributed by atoms with Gasteiger partial charge in [-0.2, -0.15) is 5.26 Å². The fourth-order valence-electron chi connectivity index (χ4n) is 2.91. The molecule has 0 radical (unpaired) electrons. The van der Waals surface area contributed by atoms with Crippen LogP contribution in [0.1, 0.15) is 16.8 Å². The molecule has 2 aromatic carbocycles. The van der Waals surface area contributed by atoms with E-state index < -0.39 is 5.56 Å². The highest BCUT2D eigenvalue weighted by Crippen LogP contribution is 2.34. The highest BCUT2D eigenvalue weighted by molar-refractivity contribution is 5.72. The van der Waals surface area contributed by atoms with E-state index >= 15 is 0 Å².